The Bertz CT molecular complexity index is 886. The number of carbonyl (C=O) groups is 3. The molecule has 1 unspecified atom stereocenters. The Hall–Kier alpha value is -2.67. The summed E-state index contributed by atoms with van der Waals surface area (Å²) in [6, 6.07) is 14.7. The maximum absolute atomic E-state index is 12.7. The molecule has 0 saturated carbocycles. The molecule has 0 saturated heterocycles. The van der Waals surface area contributed by atoms with Crippen LogP contribution in [0.25, 0.3) is 0 Å². The lowest BCUT2D eigenvalue weighted by Gasteiger charge is -2.22. The topological polar surface area (TPSA) is 78.5 Å². The summed E-state index contributed by atoms with van der Waals surface area (Å²) in [5.41, 5.74) is 2.92. The third-order valence-electron chi connectivity index (χ3n) is 4.79. The lowest BCUT2D eigenvalue weighted by Crippen LogP contribution is -2.51. The maximum Gasteiger partial charge on any atom is 0.309 e. The van der Waals surface area contributed by atoms with Crippen molar-refractivity contribution < 1.29 is 14.4 Å². The molecule has 0 bridgehead atoms. The number of rotatable bonds is 4. The summed E-state index contributed by atoms with van der Waals surface area (Å²) in [6.45, 7) is 0.355. The fourth-order valence-corrected chi connectivity index (χ4v) is 3.59. The van der Waals surface area contributed by atoms with Crippen LogP contribution in [0.2, 0.25) is 0 Å². The third kappa shape index (κ3) is 4.78. The van der Waals surface area contributed by atoms with Crippen molar-refractivity contribution in [3.05, 3.63) is 64.1 Å². The van der Waals surface area contributed by atoms with E-state index < -0.39 is 17.9 Å². The zero-order valence-electron chi connectivity index (χ0n) is 15.6. The minimum atomic E-state index is -0.785. The molecule has 1 aliphatic rings. The molecule has 0 aromatic heterocycles. The first-order valence-corrected chi connectivity index (χ1v) is 9.93. The molecule has 0 aliphatic carbocycles. The smallest absolute Gasteiger partial charge is 0.309 e. The summed E-state index contributed by atoms with van der Waals surface area (Å²) in [5.74, 6) is -1.75. The SMILES string of the molecule is CN1C(=O)C(NC(=O)C(=O)NCCc2ccccc2)CCc2ccc(Br)cc21. The Morgan fingerprint density at radius 2 is 1.89 bits per heavy atom. The van der Waals surface area contributed by atoms with E-state index in [0.717, 1.165) is 21.3 Å². The van der Waals surface area contributed by atoms with E-state index in [9.17, 15) is 14.4 Å². The molecule has 28 heavy (non-hydrogen) atoms. The van der Waals surface area contributed by atoms with Gasteiger partial charge in [-0.2, -0.15) is 0 Å². The molecule has 3 rings (SSSR count). The number of benzene rings is 2. The molecular weight excluding hydrogens is 422 g/mol. The van der Waals surface area contributed by atoms with Crippen LogP contribution < -0.4 is 15.5 Å². The molecule has 1 aliphatic heterocycles. The first kappa shape index (κ1) is 20.1. The van der Waals surface area contributed by atoms with Gasteiger partial charge in [0, 0.05) is 23.8 Å². The molecule has 1 atom stereocenters. The second-order valence-corrected chi connectivity index (χ2v) is 7.64. The maximum atomic E-state index is 12.7. The van der Waals surface area contributed by atoms with Crippen LogP contribution in [-0.2, 0) is 27.2 Å². The molecule has 0 spiro atoms. The van der Waals surface area contributed by atoms with Gasteiger partial charge in [0.05, 0.1) is 0 Å². The fraction of sp³-hybridized carbons (Fsp3) is 0.286. The van der Waals surface area contributed by atoms with Crippen LogP contribution in [-0.4, -0.2) is 37.4 Å². The molecule has 2 aromatic carbocycles. The first-order valence-electron chi connectivity index (χ1n) is 9.14. The van der Waals surface area contributed by atoms with Gasteiger partial charge in [-0.3, -0.25) is 14.4 Å². The van der Waals surface area contributed by atoms with Crippen molar-refractivity contribution >= 4 is 39.3 Å². The lowest BCUT2D eigenvalue weighted by molar-refractivity contribution is -0.140. The molecule has 0 fully saturated rings. The van der Waals surface area contributed by atoms with E-state index in [1.165, 1.54) is 4.90 Å². The van der Waals surface area contributed by atoms with Crippen LogP contribution in [0, 0.1) is 0 Å². The molecule has 146 valence electrons. The summed E-state index contributed by atoms with van der Waals surface area (Å²) in [4.78, 5) is 38.6. The quantitative estimate of drug-likeness (QED) is 0.710. The molecule has 3 amide bonds. The average Bonchev–Trinajstić information content (AvgIpc) is 2.81. The summed E-state index contributed by atoms with van der Waals surface area (Å²) in [7, 11) is 1.68. The highest BCUT2D eigenvalue weighted by Gasteiger charge is 2.30. The van der Waals surface area contributed by atoms with E-state index in [0.29, 0.717) is 25.8 Å². The van der Waals surface area contributed by atoms with Gasteiger partial charge in [-0.05, 0) is 42.5 Å². The minimum Gasteiger partial charge on any atom is -0.348 e. The predicted molar refractivity (Wildman–Crippen MR) is 111 cm³/mol. The van der Waals surface area contributed by atoms with Gasteiger partial charge in [0.1, 0.15) is 6.04 Å². The number of aryl methyl sites for hydroxylation is 1. The first-order chi connectivity index (χ1) is 13.5. The number of hydrogen-bond donors (Lipinski definition) is 2. The van der Waals surface area contributed by atoms with Crippen molar-refractivity contribution in [3.63, 3.8) is 0 Å². The molecule has 7 heteroatoms. The number of halogens is 1. The van der Waals surface area contributed by atoms with Gasteiger partial charge in [0.2, 0.25) is 5.91 Å². The van der Waals surface area contributed by atoms with Crippen LogP contribution in [0.15, 0.2) is 53.0 Å². The Labute approximate surface area is 172 Å². The van der Waals surface area contributed by atoms with Gasteiger partial charge in [-0.1, -0.05) is 52.3 Å². The number of anilines is 1. The second kappa shape index (κ2) is 9.01. The van der Waals surface area contributed by atoms with Crippen molar-refractivity contribution in [2.75, 3.05) is 18.5 Å². The average molecular weight is 444 g/mol. The monoisotopic (exact) mass is 443 g/mol. The van der Waals surface area contributed by atoms with Gasteiger partial charge in [0.15, 0.2) is 0 Å². The number of nitrogens with zero attached hydrogens (tertiary/aromatic N) is 1. The highest BCUT2D eigenvalue weighted by Crippen LogP contribution is 2.29. The van der Waals surface area contributed by atoms with Crippen molar-refractivity contribution in [3.8, 4) is 0 Å². The molecule has 6 nitrogen and oxygen atoms in total. The van der Waals surface area contributed by atoms with E-state index in [4.69, 9.17) is 0 Å². The van der Waals surface area contributed by atoms with Crippen molar-refractivity contribution in [2.45, 2.75) is 25.3 Å². The van der Waals surface area contributed by atoms with Gasteiger partial charge in [-0.15, -0.1) is 0 Å². The number of likely N-dealkylation sites (N-methyl/N-ethyl adjacent to an activating group) is 1. The van der Waals surface area contributed by atoms with Crippen LogP contribution in [0.3, 0.4) is 0 Å². The number of nitrogens with one attached hydrogen (secondary N) is 2. The Morgan fingerprint density at radius 1 is 1.14 bits per heavy atom. The summed E-state index contributed by atoms with van der Waals surface area (Å²) in [6.07, 6.45) is 1.72. The Balaban J connectivity index is 1.56. The van der Waals surface area contributed by atoms with Gasteiger partial charge >= 0.3 is 11.8 Å². The number of carbonyl (C=O) groups excluding carboxylic acids is 3. The van der Waals surface area contributed by atoms with Gasteiger partial charge in [0.25, 0.3) is 0 Å². The van der Waals surface area contributed by atoms with E-state index in [2.05, 4.69) is 26.6 Å². The van der Waals surface area contributed by atoms with Crippen molar-refractivity contribution in [1.82, 2.24) is 10.6 Å². The normalized spacial score (nSPS) is 16.1. The summed E-state index contributed by atoms with van der Waals surface area (Å²) < 4.78 is 0.881. The van der Waals surface area contributed by atoms with Crippen LogP contribution in [0.4, 0.5) is 5.69 Å². The summed E-state index contributed by atoms with van der Waals surface area (Å²) in [5, 5.41) is 5.19. The van der Waals surface area contributed by atoms with E-state index in [1.807, 2.05) is 48.5 Å². The number of amides is 3. The Morgan fingerprint density at radius 3 is 2.64 bits per heavy atom. The number of fused-ring (bicyclic) bond motifs is 1. The molecule has 2 aromatic rings. The van der Waals surface area contributed by atoms with Crippen molar-refractivity contribution in [2.24, 2.45) is 0 Å². The summed E-state index contributed by atoms with van der Waals surface area (Å²) >= 11 is 3.42. The van der Waals surface area contributed by atoms with E-state index in [-0.39, 0.29) is 5.91 Å². The van der Waals surface area contributed by atoms with Crippen LogP contribution in [0.5, 0.6) is 0 Å². The zero-order valence-corrected chi connectivity index (χ0v) is 17.2. The molecule has 1 heterocycles. The van der Waals surface area contributed by atoms with Gasteiger partial charge in [-0.25, -0.2) is 0 Å². The van der Waals surface area contributed by atoms with Gasteiger partial charge < -0.3 is 15.5 Å². The predicted octanol–water partition coefficient (Wildman–Crippen LogP) is 2.20. The van der Waals surface area contributed by atoms with E-state index >= 15 is 0 Å². The second-order valence-electron chi connectivity index (χ2n) is 6.73. The largest absolute Gasteiger partial charge is 0.348 e. The van der Waals surface area contributed by atoms with Crippen LogP contribution in [0.1, 0.15) is 17.5 Å². The minimum absolute atomic E-state index is 0.234. The third-order valence-corrected chi connectivity index (χ3v) is 5.29. The number of hydrogen-bond acceptors (Lipinski definition) is 3. The zero-order chi connectivity index (χ0) is 20.1. The highest BCUT2D eigenvalue weighted by molar-refractivity contribution is 9.10. The Kier molecular flexibility index (Phi) is 6.46. The van der Waals surface area contributed by atoms with Crippen LogP contribution >= 0.6 is 15.9 Å². The standard InChI is InChI=1S/C21H22BrN3O3/c1-25-18-13-16(22)9-7-15(18)8-10-17(21(25)28)24-20(27)19(26)23-12-11-14-5-3-2-4-6-14/h2-7,9,13,17H,8,10-12H2,1H3,(H,23,26)(H,24,27). The van der Waals surface area contributed by atoms with Crippen molar-refractivity contribution in [1.29, 1.82) is 0 Å². The highest BCUT2D eigenvalue weighted by atomic mass is 79.9. The lowest BCUT2D eigenvalue weighted by atomic mass is 10.1. The fourth-order valence-electron chi connectivity index (χ4n) is 3.24. The molecular formula is C21H22BrN3O3. The molecule has 2 N–H and O–H groups in total. The molecule has 0 radical (unpaired) electrons. The van der Waals surface area contributed by atoms with E-state index in [1.54, 1.807) is 7.05 Å².